The van der Waals surface area contributed by atoms with E-state index in [-0.39, 0.29) is 5.91 Å². The summed E-state index contributed by atoms with van der Waals surface area (Å²) < 4.78 is 0. The molecule has 1 saturated carbocycles. The number of nitrogens with zero attached hydrogens (tertiary/aromatic N) is 2. The van der Waals surface area contributed by atoms with E-state index < -0.39 is 5.54 Å². The molecule has 2 N–H and O–H groups in total. The van der Waals surface area contributed by atoms with Gasteiger partial charge in [0.05, 0.1) is 5.54 Å². The third kappa shape index (κ3) is 2.86. The average molecular weight is 253 g/mol. The van der Waals surface area contributed by atoms with Gasteiger partial charge in [-0.1, -0.05) is 26.7 Å². The molecule has 1 amide bonds. The Bertz CT molecular complexity index is 299. The minimum absolute atomic E-state index is 0.199. The van der Waals surface area contributed by atoms with Crippen LogP contribution in [0.5, 0.6) is 0 Å². The predicted molar refractivity (Wildman–Crippen MR) is 73.2 cm³/mol. The molecule has 1 saturated heterocycles. The van der Waals surface area contributed by atoms with Crippen LogP contribution >= 0.6 is 0 Å². The molecule has 4 heteroatoms. The summed E-state index contributed by atoms with van der Waals surface area (Å²) in [6, 6.07) is 0. The van der Waals surface area contributed by atoms with E-state index in [0.717, 1.165) is 52.0 Å². The van der Waals surface area contributed by atoms with E-state index in [9.17, 15) is 4.79 Å². The number of hydrogen-bond donors (Lipinski definition) is 1. The monoisotopic (exact) mass is 253 g/mol. The zero-order chi connectivity index (χ0) is 13.2. The van der Waals surface area contributed by atoms with Crippen molar-refractivity contribution in [3.05, 3.63) is 0 Å². The molecule has 2 aliphatic rings. The molecular formula is C14H27N3O. The van der Waals surface area contributed by atoms with Crippen molar-refractivity contribution in [3.63, 3.8) is 0 Å². The van der Waals surface area contributed by atoms with Gasteiger partial charge in [0.2, 0.25) is 5.91 Å². The average Bonchev–Trinajstić information content (AvgIpc) is 2.38. The number of nitrogens with two attached hydrogens (primary N) is 1. The molecule has 18 heavy (non-hydrogen) atoms. The summed E-state index contributed by atoms with van der Waals surface area (Å²) in [6.45, 7) is 9.14. The number of carbonyl (C=O) groups excluding carboxylic acids is 1. The highest BCUT2D eigenvalue weighted by molar-refractivity contribution is 5.86. The molecule has 0 radical (unpaired) electrons. The van der Waals surface area contributed by atoms with Gasteiger partial charge in [0, 0.05) is 26.2 Å². The Hall–Kier alpha value is -0.610. The molecule has 2 rings (SSSR count). The van der Waals surface area contributed by atoms with Crippen molar-refractivity contribution in [2.24, 2.45) is 11.7 Å². The van der Waals surface area contributed by atoms with Crippen LogP contribution in [0.2, 0.25) is 0 Å². The summed E-state index contributed by atoms with van der Waals surface area (Å²) >= 11 is 0. The molecule has 1 aliphatic carbocycles. The van der Waals surface area contributed by atoms with Crippen molar-refractivity contribution in [2.75, 3.05) is 32.7 Å². The maximum absolute atomic E-state index is 12.6. The lowest BCUT2D eigenvalue weighted by Gasteiger charge is -2.42. The fraction of sp³-hybridized carbons (Fsp3) is 0.929. The number of hydrogen-bond acceptors (Lipinski definition) is 3. The largest absolute Gasteiger partial charge is 0.339 e. The highest BCUT2D eigenvalue weighted by atomic mass is 16.2. The van der Waals surface area contributed by atoms with Crippen LogP contribution in [0.3, 0.4) is 0 Å². The summed E-state index contributed by atoms with van der Waals surface area (Å²) in [6.07, 6.45) is 4.04. The SMILES string of the molecule is CCN1CCN(C(=O)C2(N)CCCC(C)C2)CC1. The number of carbonyl (C=O) groups is 1. The van der Waals surface area contributed by atoms with E-state index in [2.05, 4.69) is 18.7 Å². The molecule has 2 unspecified atom stereocenters. The molecule has 104 valence electrons. The molecule has 4 nitrogen and oxygen atoms in total. The summed E-state index contributed by atoms with van der Waals surface area (Å²) in [5, 5.41) is 0. The van der Waals surface area contributed by atoms with Crippen LogP contribution < -0.4 is 5.73 Å². The first-order chi connectivity index (χ1) is 8.55. The van der Waals surface area contributed by atoms with Crippen molar-refractivity contribution in [2.45, 2.75) is 45.1 Å². The standard InChI is InChI=1S/C14H27N3O/c1-3-16-7-9-17(10-8-16)13(18)14(15)6-4-5-12(2)11-14/h12H,3-11,15H2,1-2H3. The van der Waals surface area contributed by atoms with Gasteiger partial charge >= 0.3 is 0 Å². The Balaban J connectivity index is 1.94. The summed E-state index contributed by atoms with van der Waals surface area (Å²) in [7, 11) is 0. The van der Waals surface area contributed by atoms with Crippen molar-refractivity contribution < 1.29 is 4.79 Å². The lowest BCUT2D eigenvalue weighted by molar-refractivity contribution is -0.140. The first-order valence-electron chi connectivity index (χ1n) is 7.36. The smallest absolute Gasteiger partial charge is 0.242 e. The van der Waals surface area contributed by atoms with Crippen LogP contribution in [0.25, 0.3) is 0 Å². The Morgan fingerprint density at radius 2 is 2.00 bits per heavy atom. The highest BCUT2D eigenvalue weighted by Gasteiger charge is 2.41. The predicted octanol–water partition coefficient (Wildman–Crippen LogP) is 1.06. The van der Waals surface area contributed by atoms with E-state index in [1.165, 1.54) is 6.42 Å². The maximum Gasteiger partial charge on any atom is 0.242 e. The lowest BCUT2D eigenvalue weighted by Crippen LogP contribution is -2.60. The summed E-state index contributed by atoms with van der Waals surface area (Å²) in [5.74, 6) is 0.787. The molecule has 1 heterocycles. The molecule has 0 aromatic heterocycles. The van der Waals surface area contributed by atoms with Crippen molar-refractivity contribution in [1.29, 1.82) is 0 Å². The molecule has 0 aromatic rings. The summed E-state index contributed by atoms with van der Waals surface area (Å²) in [4.78, 5) is 17.0. The summed E-state index contributed by atoms with van der Waals surface area (Å²) in [5.41, 5.74) is 5.81. The minimum Gasteiger partial charge on any atom is -0.339 e. The third-order valence-corrected chi connectivity index (χ3v) is 4.57. The molecule has 2 fully saturated rings. The van der Waals surface area contributed by atoms with Gasteiger partial charge in [0.1, 0.15) is 0 Å². The second kappa shape index (κ2) is 5.57. The lowest BCUT2D eigenvalue weighted by atomic mass is 9.76. The number of rotatable bonds is 2. The Labute approximate surface area is 110 Å². The molecular weight excluding hydrogens is 226 g/mol. The molecule has 0 aromatic carbocycles. The second-order valence-electron chi connectivity index (χ2n) is 6.08. The van der Waals surface area contributed by atoms with Gasteiger partial charge in [0.25, 0.3) is 0 Å². The van der Waals surface area contributed by atoms with Crippen molar-refractivity contribution in [3.8, 4) is 0 Å². The maximum atomic E-state index is 12.6. The van der Waals surface area contributed by atoms with Gasteiger partial charge in [-0.25, -0.2) is 0 Å². The van der Waals surface area contributed by atoms with E-state index in [0.29, 0.717) is 5.92 Å². The van der Waals surface area contributed by atoms with Crippen LogP contribution in [0.15, 0.2) is 0 Å². The second-order valence-corrected chi connectivity index (χ2v) is 6.08. The van der Waals surface area contributed by atoms with Crippen LogP contribution in [0, 0.1) is 5.92 Å². The fourth-order valence-electron chi connectivity index (χ4n) is 3.37. The van der Waals surface area contributed by atoms with Crippen LogP contribution in [0.4, 0.5) is 0 Å². The van der Waals surface area contributed by atoms with Crippen LogP contribution in [-0.2, 0) is 4.79 Å². The van der Waals surface area contributed by atoms with Crippen LogP contribution in [0.1, 0.15) is 39.5 Å². The molecule has 1 aliphatic heterocycles. The molecule has 0 spiro atoms. The van der Waals surface area contributed by atoms with E-state index >= 15 is 0 Å². The van der Waals surface area contributed by atoms with E-state index in [4.69, 9.17) is 5.73 Å². The fourth-order valence-corrected chi connectivity index (χ4v) is 3.37. The number of amides is 1. The quantitative estimate of drug-likeness (QED) is 0.800. The third-order valence-electron chi connectivity index (χ3n) is 4.57. The first-order valence-corrected chi connectivity index (χ1v) is 7.36. The molecule has 2 atom stereocenters. The zero-order valence-corrected chi connectivity index (χ0v) is 11.8. The van der Waals surface area contributed by atoms with Gasteiger partial charge in [-0.3, -0.25) is 4.79 Å². The Kier molecular flexibility index (Phi) is 4.28. The topological polar surface area (TPSA) is 49.6 Å². The van der Waals surface area contributed by atoms with Gasteiger partial charge < -0.3 is 15.5 Å². The van der Waals surface area contributed by atoms with Crippen LogP contribution in [-0.4, -0.2) is 54.0 Å². The number of piperazine rings is 1. The van der Waals surface area contributed by atoms with Gasteiger partial charge in [-0.05, 0) is 25.3 Å². The van der Waals surface area contributed by atoms with E-state index in [1.54, 1.807) is 0 Å². The Morgan fingerprint density at radius 3 is 2.56 bits per heavy atom. The van der Waals surface area contributed by atoms with Gasteiger partial charge in [-0.15, -0.1) is 0 Å². The highest BCUT2D eigenvalue weighted by Crippen LogP contribution is 2.32. The number of likely N-dealkylation sites (N-methyl/N-ethyl adjacent to an activating group) is 1. The van der Waals surface area contributed by atoms with Crippen molar-refractivity contribution in [1.82, 2.24) is 9.80 Å². The van der Waals surface area contributed by atoms with Gasteiger partial charge in [-0.2, -0.15) is 0 Å². The molecule has 0 bridgehead atoms. The van der Waals surface area contributed by atoms with E-state index in [1.807, 2.05) is 4.90 Å². The van der Waals surface area contributed by atoms with Crippen molar-refractivity contribution >= 4 is 5.91 Å². The Morgan fingerprint density at radius 1 is 1.33 bits per heavy atom. The normalized spacial score (nSPS) is 34.6. The minimum atomic E-state index is -0.577. The van der Waals surface area contributed by atoms with Gasteiger partial charge in [0.15, 0.2) is 0 Å². The first kappa shape index (κ1) is 13.8. The zero-order valence-electron chi connectivity index (χ0n) is 11.8.